The highest BCUT2D eigenvalue weighted by Crippen LogP contribution is 2.25. The molecule has 2 amide bonds. The summed E-state index contributed by atoms with van der Waals surface area (Å²) in [4.78, 5) is 23.4. The molecule has 0 aliphatic carbocycles. The number of nitrogens with two attached hydrogens (primary N) is 1. The van der Waals surface area contributed by atoms with Gasteiger partial charge in [0.15, 0.2) is 0 Å². The van der Waals surface area contributed by atoms with Gasteiger partial charge < -0.3 is 16.4 Å². The van der Waals surface area contributed by atoms with Gasteiger partial charge in [0.05, 0.1) is 0 Å². The Bertz CT molecular complexity index is 474. The van der Waals surface area contributed by atoms with E-state index >= 15 is 0 Å². The zero-order chi connectivity index (χ0) is 14.0. The molecule has 1 aromatic rings. The summed E-state index contributed by atoms with van der Waals surface area (Å²) in [7, 11) is 0. The number of hydrogen-bond donors (Lipinski definition) is 3. The Hall–Kier alpha value is -2.04. The van der Waals surface area contributed by atoms with Crippen LogP contribution in [0.1, 0.15) is 19.4 Å². The third kappa shape index (κ3) is 2.86. The van der Waals surface area contributed by atoms with E-state index in [-0.39, 0.29) is 17.9 Å². The minimum atomic E-state index is -0.627. The molecule has 1 aromatic carbocycles. The van der Waals surface area contributed by atoms with Crippen molar-refractivity contribution in [3.05, 3.63) is 29.8 Å². The van der Waals surface area contributed by atoms with E-state index in [0.29, 0.717) is 6.42 Å². The number of hydrogen-bond acceptors (Lipinski definition) is 3. The van der Waals surface area contributed by atoms with Crippen LogP contribution in [0, 0.1) is 5.92 Å². The number of carbonyl (C=O) groups excluding carboxylic acids is 2. The van der Waals surface area contributed by atoms with Crippen molar-refractivity contribution in [2.75, 3.05) is 5.32 Å². The molecule has 0 bridgehead atoms. The molecule has 0 saturated carbocycles. The van der Waals surface area contributed by atoms with Crippen molar-refractivity contribution >= 4 is 17.5 Å². The van der Waals surface area contributed by atoms with Gasteiger partial charge in [-0.1, -0.05) is 32.0 Å². The van der Waals surface area contributed by atoms with E-state index in [1.165, 1.54) is 0 Å². The number of fused-ring (bicyclic) bond motifs is 1. The average molecular weight is 261 g/mol. The maximum atomic E-state index is 12.2. The van der Waals surface area contributed by atoms with E-state index in [9.17, 15) is 9.59 Å². The lowest BCUT2D eigenvalue weighted by Gasteiger charge is -2.21. The number of para-hydroxylation sites is 1. The predicted molar refractivity (Wildman–Crippen MR) is 73.5 cm³/mol. The summed E-state index contributed by atoms with van der Waals surface area (Å²) < 4.78 is 0. The minimum absolute atomic E-state index is 0.0229. The lowest BCUT2D eigenvalue weighted by molar-refractivity contribution is -0.128. The number of primary amides is 1. The first-order valence-electron chi connectivity index (χ1n) is 6.43. The molecule has 0 fully saturated rings. The second-order valence-electron chi connectivity index (χ2n) is 5.19. The zero-order valence-electron chi connectivity index (χ0n) is 11.1. The molecule has 2 rings (SSSR count). The molecule has 2 atom stereocenters. The molecule has 1 aliphatic heterocycles. The first-order valence-corrected chi connectivity index (χ1v) is 6.43. The third-order valence-electron chi connectivity index (χ3n) is 3.36. The van der Waals surface area contributed by atoms with Gasteiger partial charge in [-0.2, -0.15) is 0 Å². The molecular formula is C14H19N3O2. The van der Waals surface area contributed by atoms with Gasteiger partial charge in [-0.3, -0.25) is 9.59 Å². The van der Waals surface area contributed by atoms with Crippen molar-refractivity contribution < 1.29 is 9.59 Å². The van der Waals surface area contributed by atoms with E-state index in [2.05, 4.69) is 10.6 Å². The second kappa shape index (κ2) is 5.30. The Kier molecular flexibility index (Phi) is 3.74. The van der Waals surface area contributed by atoms with Gasteiger partial charge in [-0.05, 0) is 17.5 Å². The number of anilines is 1. The van der Waals surface area contributed by atoms with E-state index in [0.717, 1.165) is 11.3 Å². The highest BCUT2D eigenvalue weighted by molar-refractivity contribution is 5.92. The lowest BCUT2D eigenvalue weighted by Crippen LogP contribution is -2.51. The van der Waals surface area contributed by atoms with Gasteiger partial charge in [-0.15, -0.1) is 0 Å². The van der Waals surface area contributed by atoms with E-state index in [1.807, 2.05) is 38.1 Å². The Morgan fingerprint density at radius 1 is 1.37 bits per heavy atom. The molecule has 0 spiro atoms. The van der Waals surface area contributed by atoms with Crippen molar-refractivity contribution in [2.24, 2.45) is 11.7 Å². The summed E-state index contributed by atoms with van der Waals surface area (Å²) in [5.74, 6) is -0.710. The van der Waals surface area contributed by atoms with Gasteiger partial charge in [0.25, 0.3) is 0 Å². The van der Waals surface area contributed by atoms with Crippen molar-refractivity contribution in [3.8, 4) is 0 Å². The molecule has 102 valence electrons. The Balaban J connectivity index is 2.01. The smallest absolute Gasteiger partial charge is 0.243 e. The van der Waals surface area contributed by atoms with Crippen LogP contribution in [-0.4, -0.2) is 23.9 Å². The van der Waals surface area contributed by atoms with Gasteiger partial charge in [0.1, 0.15) is 12.1 Å². The topological polar surface area (TPSA) is 84.2 Å². The van der Waals surface area contributed by atoms with Gasteiger partial charge >= 0.3 is 0 Å². The predicted octanol–water partition coefficient (Wildman–Crippen LogP) is 0.649. The normalized spacial score (nSPS) is 18.6. The van der Waals surface area contributed by atoms with Crippen molar-refractivity contribution in [3.63, 3.8) is 0 Å². The fourth-order valence-corrected chi connectivity index (χ4v) is 2.28. The molecule has 0 saturated heterocycles. The lowest BCUT2D eigenvalue weighted by atomic mass is 10.0. The monoisotopic (exact) mass is 261 g/mol. The molecule has 5 heteroatoms. The molecule has 0 radical (unpaired) electrons. The first-order chi connectivity index (χ1) is 8.99. The second-order valence-corrected chi connectivity index (χ2v) is 5.19. The highest BCUT2D eigenvalue weighted by atomic mass is 16.2. The standard InChI is InChI=1S/C14H19N3O2/c1-8(2)12(13(15)18)17-14(19)11-7-9-5-3-4-6-10(9)16-11/h3-6,8,11-12,16H,7H2,1-2H3,(H2,15,18)(H,17,19). The summed E-state index contributed by atoms with van der Waals surface area (Å²) in [6.45, 7) is 3.71. The number of carbonyl (C=O) groups is 2. The van der Waals surface area contributed by atoms with Crippen molar-refractivity contribution in [1.82, 2.24) is 5.32 Å². The van der Waals surface area contributed by atoms with Crippen LogP contribution in [0.2, 0.25) is 0 Å². The molecule has 2 unspecified atom stereocenters. The maximum absolute atomic E-state index is 12.2. The average Bonchev–Trinajstić information content (AvgIpc) is 2.78. The van der Waals surface area contributed by atoms with Crippen molar-refractivity contribution in [1.29, 1.82) is 0 Å². The van der Waals surface area contributed by atoms with Crippen LogP contribution in [0.3, 0.4) is 0 Å². The molecule has 0 aromatic heterocycles. The molecule has 1 heterocycles. The molecule has 5 nitrogen and oxygen atoms in total. The molecular weight excluding hydrogens is 242 g/mol. The van der Waals surface area contributed by atoms with Gasteiger partial charge in [0.2, 0.25) is 11.8 Å². The number of nitrogens with one attached hydrogen (secondary N) is 2. The summed E-state index contributed by atoms with van der Waals surface area (Å²) >= 11 is 0. The summed E-state index contributed by atoms with van der Waals surface area (Å²) in [5, 5.41) is 5.87. The van der Waals surface area contributed by atoms with Crippen LogP contribution in [-0.2, 0) is 16.0 Å². The number of rotatable bonds is 4. The quantitative estimate of drug-likeness (QED) is 0.744. The van der Waals surface area contributed by atoms with E-state index in [1.54, 1.807) is 0 Å². The number of benzene rings is 1. The fourth-order valence-electron chi connectivity index (χ4n) is 2.28. The molecule has 4 N–H and O–H groups in total. The van der Waals surface area contributed by atoms with E-state index in [4.69, 9.17) is 5.73 Å². The van der Waals surface area contributed by atoms with E-state index < -0.39 is 11.9 Å². The third-order valence-corrected chi connectivity index (χ3v) is 3.36. The van der Waals surface area contributed by atoms with Crippen LogP contribution >= 0.6 is 0 Å². The summed E-state index contributed by atoms with van der Waals surface area (Å²) in [5.41, 5.74) is 7.38. The fraction of sp³-hybridized carbons (Fsp3) is 0.429. The highest BCUT2D eigenvalue weighted by Gasteiger charge is 2.30. The summed E-state index contributed by atoms with van der Waals surface area (Å²) in [6.07, 6.45) is 0.631. The number of amides is 2. The SMILES string of the molecule is CC(C)C(NC(=O)C1Cc2ccccc2N1)C(N)=O. The minimum Gasteiger partial charge on any atom is -0.373 e. The maximum Gasteiger partial charge on any atom is 0.243 e. The Morgan fingerprint density at radius 3 is 2.63 bits per heavy atom. The van der Waals surface area contributed by atoms with Crippen LogP contribution in [0.4, 0.5) is 5.69 Å². The first kappa shape index (κ1) is 13.4. The van der Waals surface area contributed by atoms with Crippen LogP contribution < -0.4 is 16.4 Å². The van der Waals surface area contributed by atoms with Crippen molar-refractivity contribution in [2.45, 2.75) is 32.4 Å². The van der Waals surface area contributed by atoms with Crippen LogP contribution in [0.25, 0.3) is 0 Å². The largest absolute Gasteiger partial charge is 0.373 e. The van der Waals surface area contributed by atoms with Gasteiger partial charge in [-0.25, -0.2) is 0 Å². The van der Waals surface area contributed by atoms with Crippen LogP contribution in [0.15, 0.2) is 24.3 Å². The zero-order valence-corrected chi connectivity index (χ0v) is 11.1. The summed E-state index contributed by atoms with van der Waals surface area (Å²) in [6, 6.07) is 6.84. The Labute approximate surface area is 112 Å². The molecule has 19 heavy (non-hydrogen) atoms. The van der Waals surface area contributed by atoms with Gasteiger partial charge in [0, 0.05) is 12.1 Å². The molecule has 1 aliphatic rings. The Morgan fingerprint density at radius 2 is 2.05 bits per heavy atom. The van der Waals surface area contributed by atoms with Crippen LogP contribution in [0.5, 0.6) is 0 Å².